The Kier molecular flexibility index (Phi) is 4.83. The molecule has 1 aromatic rings. The molecule has 0 bridgehead atoms. The summed E-state index contributed by atoms with van der Waals surface area (Å²) in [5.74, 6) is -0.454. The van der Waals surface area contributed by atoms with Crippen molar-refractivity contribution < 1.29 is 14.8 Å². The molecule has 0 saturated heterocycles. The van der Waals surface area contributed by atoms with Gasteiger partial charge in [-0.2, -0.15) is 0 Å². The van der Waals surface area contributed by atoms with Crippen molar-refractivity contribution in [2.24, 2.45) is 0 Å². The molecule has 0 aromatic carbocycles. The van der Waals surface area contributed by atoms with Gasteiger partial charge in [-0.1, -0.05) is 0 Å². The summed E-state index contributed by atoms with van der Waals surface area (Å²) in [6, 6.07) is 0. The summed E-state index contributed by atoms with van der Waals surface area (Å²) in [5, 5.41) is 19.8. The molecule has 0 atom stereocenters. The first-order chi connectivity index (χ1) is 9.12. The number of nitro groups is 1. The van der Waals surface area contributed by atoms with Crippen molar-refractivity contribution in [3.05, 3.63) is 22.1 Å². The summed E-state index contributed by atoms with van der Waals surface area (Å²) in [5.41, 5.74) is -0.332. The number of imidazole rings is 1. The Bertz CT molecular complexity index is 504. The molecule has 0 amide bonds. The van der Waals surface area contributed by atoms with Gasteiger partial charge in [0.15, 0.2) is 5.82 Å². The van der Waals surface area contributed by atoms with Crippen molar-refractivity contribution in [2.75, 3.05) is 13.1 Å². The second kappa shape index (κ2) is 6.00. The molecule has 112 valence electrons. The Morgan fingerprint density at radius 1 is 1.55 bits per heavy atom. The monoisotopic (exact) mass is 284 g/mol. The normalized spacial score (nSPS) is 11.8. The molecule has 0 aliphatic rings. The van der Waals surface area contributed by atoms with E-state index in [1.165, 1.54) is 10.8 Å². The van der Waals surface area contributed by atoms with Gasteiger partial charge in [-0.15, -0.1) is 0 Å². The van der Waals surface area contributed by atoms with Crippen LogP contribution in [-0.4, -0.2) is 49.1 Å². The van der Waals surface area contributed by atoms with Gasteiger partial charge in [-0.25, -0.2) is 9.55 Å². The molecule has 1 aromatic heterocycles. The van der Waals surface area contributed by atoms with Gasteiger partial charge >= 0.3 is 11.8 Å². The highest BCUT2D eigenvalue weighted by atomic mass is 16.6. The van der Waals surface area contributed by atoms with E-state index in [1.807, 2.05) is 20.8 Å². The Balaban J connectivity index is 2.85. The van der Waals surface area contributed by atoms with Crippen LogP contribution in [0.4, 0.5) is 5.82 Å². The highest BCUT2D eigenvalue weighted by molar-refractivity contribution is 5.69. The molecule has 0 spiro atoms. The number of carbonyl (C=O) groups is 1. The summed E-state index contributed by atoms with van der Waals surface area (Å²) >= 11 is 0. The average molecular weight is 284 g/mol. The minimum absolute atomic E-state index is 0.0771. The van der Waals surface area contributed by atoms with E-state index in [0.29, 0.717) is 18.9 Å². The van der Waals surface area contributed by atoms with Crippen molar-refractivity contribution in [1.82, 2.24) is 14.5 Å². The molecule has 8 nitrogen and oxygen atoms in total. The SMILES string of the molecule is Cc1ncc([N+](=O)[O-])n1CCN(CC(=O)O)C(C)(C)C. The Morgan fingerprint density at radius 2 is 2.15 bits per heavy atom. The van der Waals surface area contributed by atoms with Crippen LogP contribution in [0.15, 0.2) is 6.20 Å². The van der Waals surface area contributed by atoms with Crippen LogP contribution in [0.25, 0.3) is 0 Å². The summed E-state index contributed by atoms with van der Waals surface area (Å²) < 4.78 is 1.49. The predicted octanol–water partition coefficient (Wildman–Crippen LogP) is 1.28. The third-order valence-corrected chi connectivity index (χ3v) is 3.09. The van der Waals surface area contributed by atoms with E-state index in [1.54, 1.807) is 11.8 Å². The van der Waals surface area contributed by atoms with E-state index in [2.05, 4.69) is 4.98 Å². The van der Waals surface area contributed by atoms with Crippen LogP contribution in [0.2, 0.25) is 0 Å². The van der Waals surface area contributed by atoms with Crippen LogP contribution in [0.1, 0.15) is 26.6 Å². The van der Waals surface area contributed by atoms with Gasteiger partial charge < -0.3 is 15.2 Å². The second-order valence-corrected chi connectivity index (χ2v) is 5.56. The lowest BCUT2D eigenvalue weighted by Gasteiger charge is -2.33. The maximum absolute atomic E-state index is 10.9. The Morgan fingerprint density at radius 3 is 2.60 bits per heavy atom. The number of aryl methyl sites for hydroxylation is 1. The number of hydrogen-bond acceptors (Lipinski definition) is 5. The summed E-state index contributed by atoms with van der Waals surface area (Å²) in [7, 11) is 0. The van der Waals surface area contributed by atoms with E-state index in [9.17, 15) is 14.9 Å². The van der Waals surface area contributed by atoms with Crippen molar-refractivity contribution in [3.63, 3.8) is 0 Å². The first-order valence-corrected chi connectivity index (χ1v) is 6.26. The van der Waals surface area contributed by atoms with Crippen molar-refractivity contribution in [2.45, 2.75) is 39.8 Å². The van der Waals surface area contributed by atoms with Crippen LogP contribution in [0.5, 0.6) is 0 Å². The summed E-state index contributed by atoms with van der Waals surface area (Å²) in [4.78, 5) is 27.0. The standard InChI is InChI=1S/C12H20N4O4/c1-9-13-7-10(16(19)20)15(9)6-5-14(8-11(17)18)12(2,3)4/h7H,5-6,8H2,1-4H3,(H,17,18). The van der Waals surface area contributed by atoms with E-state index < -0.39 is 10.9 Å². The highest BCUT2D eigenvalue weighted by Crippen LogP contribution is 2.16. The molecule has 1 N–H and O–H groups in total. The maximum atomic E-state index is 10.9. The molecule has 1 rings (SSSR count). The van der Waals surface area contributed by atoms with E-state index in [0.717, 1.165) is 0 Å². The zero-order valence-corrected chi connectivity index (χ0v) is 12.2. The molecule has 0 aliphatic carbocycles. The zero-order chi connectivity index (χ0) is 15.5. The predicted molar refractivity (Wildman–Crippen MR) is 72.6 cm³/mol. The summed E-state index contributed by atoms with van der Waals surface area (Å²) in [6.07, 6.45) is 1.22. The fourth-order valence-electron chi connectivity index (χ4n) is 1.91. The molecule has 0 aliphatic heterocycles. The smallest absolute Gasteiger partial charge is 0.342 e. The largest absolute Gasteiger partial charge is 0.480 e. The van der Waals surface area contributed by atoms with Gasteiger partial charge in [-0.3, -0.25) is 9.69 Å². The topological polar surface area (TPSA) is 102 Å². The minimum atomic E-state index is -0.920. The number of rotatable bonds is 6. The van der Waals surface area contributed by atoms with E-state index in [-0.39, 0.29) is 17.9 Å². The van der Waals surface area contributed by atoms with Crippen LogP contribution in [-0.2, 0) is 11.3 Å². The lowest BCUT2D eigenvalue weighted by Crippen LogP contribution is -2.46. The van der Waals surface area contributed by atoms with Crippen LogP contribution in [0, 0.1) is 17.0 Å². The van der Waals surface area contributed by atoms with Crippen LogP contribution < -0.4 is 0 Å². The average Bonchev–Trinajstić information content (AvgIpc) is 2.64. The first-order valence-electron chi connectivity index (χ1n) is 6.26. The number of aliphatic carboxylic acids is 1. The van der Waals surface area contributed by atoms with Gasteiger partial charge in [0.1, 0.15) is 12.7 Å². The molecule has 0 radical (unpaired) electrons. The number of carboxylic acid groups (broad SMARTS) is 1. The lowest BCUT2D eigenvalue weighted by atomic mass is 10.1. The van der Waals surface area contributed by atoms with Gasteiger partial charge in [0.05, 0.1) is 6.54 Å². The van der Waals surface area contributed by atoms with Crippen molar-refractivity contribution in [3.8, 4) is 0 Å². The Hall–Kier alpha value is -1.96. The van der Waals surface area contributed by atoms with Gasteiger partial charge in [-0.05, 0) is 25.7 Å². The molecule has 8 heteroatoms. The van der Waals surface area contributed by atoms with Crippen molar-refractivity contribution >= 4 is 11.8 Å². The Labute approximate surface area is 117 Å². The zero-order valence-electron chi connectivity index (χ0n) is 12.2. The molecule has 20 heavy (non-hydrogen) atoms. The van der Waals surface area contributed by atoms with Crippen LogP contribution >= 0.6 is 0 Å². The third kappa shape index (κ3) is 4.02. The fraction of sp³-hybridized carbons (Fsp3) is 0.667. The fourth-order valence-corrected chi connectivity index (χ4v) is 1.91. The molecular formula is C12H20N4O4. The molecule has 1 heterocycles. The van der Waals surface area contributed by atoms with Gasteiger partial charge in [0.2, 0.25) is 0 Å². The van der Waals surface area contributed by atoms with E-state index >= 15 is 0 Å². The quantitative estimate of drug-likeness (QED) is 0.623. The first kappa shape index (κ1) is 16.1. The third-order valence-electron chi connectivity index (χ3n) is 3.09. The number of nitrogens with zero attached hydrogens (tertiary/aromatic N) is 4. The molecular weight excluding hydrogens is 264 g/mol. The molecule has 0 unspecified atom stereocenters. The van der Waals surface area contributed by atoms with Crippen LogP contribution in [0.3, 0.4) is 0 Å². The maximum Gasteiger partial charge on any atom is 0.342 e. The number of aromatic nitrogens is 2. The van der Waals surface area contributed by atoms with Gasteiger partial charge in [0.25, 0.3) is 0 Å². The van der Waals surface area contributed by atoms with Gasteiger partial charge in [0, 0.05) is 19.0 Å². The molecule has 0 saturated carbocycles. The number of hydrogen-bond donors (Lipinski definition) is 1. The highest BCUT2D eigenvalue weighted by Gasteiger charge is 2.25. The molecule has 0 fully saturated rings. The van der Waals surface area contributed by atoms with E-state index in [4.69, 9.17) is 5.11 Å². The second-order valence-electron chi connectivity index (χ2n) is 5.56. The van der Waals surface area contributed by atoms with Crippen molar-refractivity contribution in [1.29, 1.82) is 0 Å². The summed E-state index contributed by atoms with van der Waals surface area (Å²) in [6.45, 7) is 8.03. The number of carboxylic acids is 1. The minimum Gasteiger partial charge on any atom is -0.480 e. The lowest BCUT2D eigenvalue weighted by molar-refractivity contribution is -0.392.